The van der Waals surface area contributed by atoms with E-state index in [0.29, 0.717) is 11.5 Å². The van der Waals surface area contributed by atoms with E-state index in [2.05, 4.69) is 30.4 Å². The van der Waals surface area contributed by atoms with Crippen molar-refractivity contribution in [2.75, 3.05) is 13.2 Å². The summed E-state index contributed by atoms with van der Waals surface area (Å²) in [4.78, 5) is 22.9. The van der Waals surface area contributed by atoms with Gasteiger partial charge in [-0.1, -0.05) is 45.9 Å². The lowest BCUT2D eigenvalue weighted by Crippen LogP contribution is -2.32. The molecule has 3 N–H and O–H groups in total. The van der Waals surface area contributed by atoms with Crippen LogP contribution in [0.25, 0.3) is 11.0 Å². The number of benzene rings is 2. The lowest BCUT2D eigenvalue weighted by atomic mass is 9.88. The van der Waals surface area contributed by atoms with Crippen LogP contribution in [-0.2, 0) is 11.2 Å². The van der Waals surface area contributed by atoms with Crippen LogP contribution >= 0.6 is 0 Å². The van der Waals surface area contributed by atoms with Crippen LogP contribution in [0.5, 0.6) is 5.75 Å². The number of fused-ring (bicyclic) bond motifs is 1. The molecular formula is C30H39NO6. The predicted octanol–water partition coefficient (Wildman–Crippen LogP) is 5.78. The number of hydrogen-bond acceptors (Lipinski definition) is 5. The largest absolute Gasteiger partial charge is 0.491 e. The molecular weight excluding hydrogens is 470 g/mol. The molecule has 0 saturated carbocycles. The van der Waals surface area contributed by atoms with Gasteiger partial charge in [-0.3, -0.25) is 9.59 Å². The molecule has 1 amide bonds. The first-order valence-corrected chi connectivity index (χ1v) is 12.8. The molecule has 7 nitrogen and oxygen atoms in total. The Bertz CT molecular complexity index is 1250. The number of aliphatic carboxylic acids is 1. The van der Waals surface area contributed by atoms with Gasteiger partial charge in [-0.05, 0) is 84.9 Å². The van der Waals surface area contributed by atoms with Gasteiger partial charge < -0.3 is 24.7 Å². The minimum absolute atomic E-state index is 0.107. The van der Waals surface area contributed by atoms with Gasteiger partial charge in [-0.25, -0.2) is 0 Å². The highest BCUT2D eigenvalue weighted by atomic mass is 16.5. The first-order valence-electron chi connectivity index (χ1n) is 12.8. The number of carbonyl (C=O) groups excluding carboxylic acids is 1. The number of furan rings is 1. The van der Waals surface area contributed by atoms with Crippen LogP contribution in [0, 0.1) is 19.3 Å². The van der Waals surface area contributed by atoms with E-state index in [0.717, 1.165) is 47.1 Å². The third-order valence-electron chi connectivity index (χ3n) is 6.83. The minimum Gasteiger partial charge on any atom is -0.491 e. The molecule has 3 aromatic rings. The standard InChI is InChI=1S/C30H39NO6/c1-7-21(22-10-11-24(18(2)13-22)36-17-26(32)30(4,5)6)9-8-20-12-19(3)28-23(14-20)15-25(37-28)29(35)31-16-27(33)34/h10-15,21,26,32H,7-9,16-17H2,1-6H3,(H,31,35)(H,33,34). The van der Waals surface area contributed by atoms with Gasteiger partial charge in [0.1, 0.15) is 24.5 Å². The quantitative estimate of drug-likeness (QED) is 0.302. The first-order chi connectivity index (χ1) is 17.4. The van der Waals surface area contributed by atoms with Crippen LogP contribution in [-0.4, -0.2) is 41.3 Å². The molecule has 37 heavy (non-hydrogen) atoms. The van der Waals surface area contributed by atoms with Crippen molar-refractivity contribution in [1.29, 1.82) is 0 Å². The van der Waals surface area contributed by atoms with Crippen molar-refractivity contribution in [2.45, 2.75) is 72.8 Å². The highest BCUT2D eigenvalue weighted by Crippen LogP contribution is 2.31. The molecule has 0 fully saturated rings. The number of rotatable bonds is 11. The molecule has 0 bridgehead atoms. The van der Waals surface area contributed by atoms with Crippen LogP contribution in [0.4, 0.5) is 0 Å². The van der Waals surface area contributed by atoms with Gasteiger partial charge >= 0.3 is 5.97 Å². The number of carbonyl (C=O) groups is 2. The van der Waals surface area contributed by atoms with E-state index in [1.54, 1.807) is 6.07 Å². The topological polar surface area (TPSA) is 109 Å². The fourth-order valence-corrected chi connectivity index (χ4v) is 4.36. The van der Waals surface area contributed by atoms with Crippen LogP contribution in [0.1, 0.15) is 79.3 Å². The van der Waals surface area contributed by atoms with Gasteiger partial charge in [0.15, 0.2) is 5.76 Å². The normalized spacial score (nSPS) is 13.4. The average molecular weight is 510 g/mol. The van der Waals surface area contributed by atoms with Gasteiger partial charge in [0, 0.05) is 5.39 Å². The Labute approximate surface area is 218 Å². The Morgan fingerprint density at radius 2 is 1.81 bits per heavy atom. The maximum absolute atomic E-state index is 12.2. The van der Waals surface area contributed by atoms with Crippen LogP contribution in [0.15, 0.2) is 40.8 Å². The molecule has 1 heterocycles. The Balaban J connectivity index is 1.68. The summed E-state index contributed by atoms with van der Waals surface area (Å²) < 4.78 is 11.6. The Kier molecular flexibility index (Phi) is 9.02. The van der Waals surface area contributed by atoms with Crippen molar-refractivity contribution in [2.24, 2.45) is 5.41 Å². The maximum atomic E-state index is 12.2. The number of aliphatic hydroxyl groups is 1. The van der Waals surface area contributed by atoms with Crippen molar-refractivity contribution in [1.82, 2.24) is 5.32 Å². The number of carboxylic acids is 1. The Morgan fingerprint density at radius 3 is 2.43 bits per heavy atom. The van der Waals surface area contributed by atoms with Crippen molar-refractivity contribution in [3.8, 4) is 5.75 Å². The number of carboxylic acid groups (broad SMARTS) is 1. The molecule has 2 unspecified atom stereocenters. The Hall–Kier alpha value is -3.32. The summed E-state index contributed by atoms with van der Waals surface area (Å²) in [6.45, 7) is 12.0. The third kappa shape index (κ3) is 7.35. The lowest BCUT2D eigenvalue weighted by Gasteiger charge is -2.26. The van der Waals surface area contributed by atoms with Crippen molar-refractivity contribution in [3.63, 3.8) is 0 Å². The van der Waals surface area contributed by atoms with Gasteiger partial charge in [0.2, 0.25) is 0 Å². The third-order valence-corrected chi connectivity index (χ3v) is 6.83. The van der Waals surface area contributed by atoms with Crippen molar-refractivity contribution >= 4 is 22.8 Å². The lowest BCUT2D eigenvalue weighted by molar-refractivity contribution is -0.135. The second kappa shape index (κ2) is 11.8. The van der Waals surface area contributed by atoms with E-state index in [-0.39, 0.29) is 17.8 Å². The molecule has 0 aliphatic carbocycles. The highest BCUT2D eigenvalue weighted by molar-refractivity contribution is 5.97. The van der Waals surface area contributed by atoms with E-state index in [4.69, 9.17) is 14.3 Å². The summed E-state index contributed by atoms with van der Waals surface area (Å²) in [5.74, 6) is -0.362. The number of amides is 1. The summed E-state index contributed by atoms with van der Waals surface area (Å²) in [6.07, 6.45) is 2.30. The van der Waals surface area contributed by atoms with Gasteiger partial charge in [0.25, 0.3) is 5.91 Å². The van der Waals surface area contributed by atoms with Gasteiger partial charge in [0.05, 0.1) is 6.10 Å². The minimum atomic E-state index is -1.11. The number of hydrogen-bond donors (Lipinski definition) is 3. The zero-order chi connectivity index (χ0) is 27.3. The number of aliphatic hydroxyl groups excluding tert-OH is 1. The number of aryl methyl sites for hydroxylation is 3. The Morgan fingerprint density at radius 1 is 1.08 bits per heavy atom. The molecule has 0 radical (unpaired) electrons. The predicted molar refractivity (Wildman–Crippen MR) is 144 cm³/mol. The molecule has 0 spiro atoms. The van der Waals surface area contributed by atoms with Gasteiger partial charge in [-0.2, -0.15) is 0 Å². The van der Waals surface area contributed by atoms with Crippen LogP contribution in [0.3, 0.4) is 0 Å². The van der Waals surface area contributed by atoms with Crippen molar-refractivity contribution < 1.29 is 29.0 Å². The second-order valence-corrected chi connectivity index (χ2v) is 10.9. The van der Waals surface area contributed by atoms with Crippen LogP contribution in [0.2, 0.25) is 0 Å². The molecule has 7 heteroatoms. The SMILES string of the molecule is CCC(CCc1cc(C)c2oc(C(=O)NCC(=O)O)cc2c1)c1ccc(OCC(O)C(C)(C)C)c(C)c1. The summed E-state index contributed by atoms with van der Waals surface area (Å²) >= 11 is 0. The fourth-order valence-electron chi connectivity index (χ4n) is 4.36. The summed E-state index contributed by atoms with van der Waals surface area (Å²) in [5, 5.41) is 22.2. The molecule has 1 aromatic heterocycles. The zero-order valence-electron chi connectivity index (χ0n) is 22.7. The molecule has 2 atom stereocenters. The summed E-state index contributed by atoms with van der Waals surface area (Å²) in [6, 6.07) is 12.1. The molecule has 200 valence electrons. The first kappa shape index (κ1) is 28.3. The van der Waals surface area contributed by atoms with E-state index >= 15 is 0 Å². The van der Waals surface area contributed by atoms with E-state index in [1.165, 1.54) is 5.56 Å². The number of ether oxygens (including phenoxy) is 1. The summed E-state index contributed by atoms with van der Waals surface area (Å²) in [5.41, 5.74) is 4.83. The van der Waals surface area contributed by atoms with Crippen LogP contribution < -0.4 is 10.1 Å². The molecule has 2 aromatic carbocycles. The molecule has 3 rings (SSSR count). The smallest absolute Gasteiger partial charge is 0.322 e. The molecule has 0 saturated heterocycles. The highest BCUT2D eigenvalue weighted by Gasteiger charge is 2.23. The van der Waals surface area contributed by atoms with E-state index in [1.807, 2.05) is 46.8 Å². The van der Waals surface area contributed by atoms with Crippen molar-refractivity contribution in [3.05, 3.63) is 64.4 Å². The average Bonchev–Trinajstić information content (AvgIpc) is 3.26. The monoisotopic (exact) mass is 509 g/mol. The van der Waals surface area contributed by atoms with E-state index < -0.39 is 24.5 Å². The zero-order valence-corrected chi connectivity index (χ0v) is 22.7. The maximum Gasteiger partial charge on any atom is 0.322 e. The molecule has 0 aliphatic heterocycles. The fraction of sp³-hybridized carbons (Fsp3) is 0.467. The number of nitrogens with one attached hydrogen (secondary N) is 1. The van der Waals surface area contributed by atoms with Gasteiger partial charge in [-0.15, -0.1) is 0 Å². The second-order valence-electron chi connectivity index (χ2n) is 10.9. The molecule has 0 aliphatic rings. The summed E-state index contributed by atoms with van der Waals surface area (Å²) in [7, 11) is 0. The van der Waals surface area contributed by atoms with E-state index in [9.17, 15) is 14.7 Å².